The summed E-state index contributed by atoms with van der Waals surface area (Å²) in [5, 5.41) is 22.6. The number of aromatic nitrogens is 3. The van der Waals surface area contributed by atoms with Crippen molar-refractivity contribution in [1.29, 1.82) is 0 Å². The molecular formula is C30H36N6O2. The van der Waals surface area contributed by atoms with Crippen LogP contribution in [0.1, 0.15) is 32.3 Å². The molecule has 3 heterocycles. The van der Waals surface area contributed by atoms with Gasteiger partial charge in [0.1, 0.15) is 5.75 Å². The third-order valence-electron chi connectivity index (χ3n) is 7.01. The van der Waals surface area contributed by atoms with E-state index in [0.717, 1.165) is 65.0 Å². The number of aryl methyl sites for hydroxylation is 1. The van der Waals surface area contributed by atoms with Crippen molar-refractivity contribution < 1.29 is 9.84 Å². The highest BCUT2D eigenvalue weighted by molar-refractivity contribution is 5.98. The molecule has 1 fully saturated rings. The van der Waals surface area contributed by atoms with Gasteiger partial charge in [-0.05, 0) is 62.1 Å². The highest BCUT2D eigenvalue weighted by Gasteiger charge is 2.18. The summed E-state index contributed by atoms with van der Waals surface area (Å²) in [4.78, 5) is 13.8. The van der Waals surface area contributed by atoms with Crippen LogP contribution < -0.4 is 20.7 Å². The van der Waals surface area contributed by atoms with Crippen molar-refractivity contribution in [2.45, 2.75) is 45.8 Å². The summed E-state index contributed by atoms with van der Waals surface area (Å²) in [5.74, 6) is 2.02. The van der Waals surface area contributed by atoms with Crippen molar-refractivity contribution in [3.63, 3.8) is 0 Å². The third kappa shape index (κ3) is 5.87. The molecule has 1 unspecified atom stereocenters. The van der Waals surface area contributed by atoms with Gasteiger partial charge in [0, 0.05) is 48.0 Å². The van der Waals surface area contributed by atoms with E-state index in [1.165, 1.54) is 0 Å². The molecule has 1 saturated heterocycles. The molecule has 2 aromatic carbocycles. The Morgan fingerprint density at radius 2 is 1.95 bits per heavy atom. The summed E-state index contributed by atoms with van der Waals surface area (Å²) in [7, 11) is 0. The summed E-state index contributed by atoms with van der Waals surface area (Å²) in [6.45, 7) is 8.50. The minimum absolute atomic E-state index is 0.179. The number of pyridine rings is 1. The number of fused-ring (bicyclic) bond motifs is 1. The maximum absolute atomic E-state index is 10.3. The van der Waals surface area contributed by atoms with Crippen molar-refractivity contribution in [2.75, 3.05) is 30.3 Å². The fourth-order valence-electron chi connectivity index (χ4n) is 4.68. The second kappa shape index (κ2) is 11.8. The number of aliphatic hydroxyl groups excluding tert-OH is 1. The molecule has 4 N–H and O–H groups in total. The number of benzene rings is 2. The van der Waals surface area contributed by atoms with E-state index in [-0.39, 0.29) is 5.92 Å². The van der Waals surface area contributed by atoms with E-state index in [9.17, 15) is 5.11 Å². The number of nitrogens with one attached hydrogen (secondary N) is 3. The smallest absolute Gasteiger partial charge is 0.228 e. The Bertz CT molecular complexity index is 1390. The van der Waals surface area contributed by atoms with Gasteiger partial charge in [0.25, 0.3) is 0 Å². The number of rotatable bonds is 9. The van der Waals surface area contributed by atoms with Gasteiger partial charge >= 0.3 is 0 Å². The molecule has 0 radical (unpaired) electrons. The van der Waals surface area contributed by atoms with Gasteiger partial charge in [0.2, 0.25) is 11.8 Å². The van der Waals surface area contributed by atoms with Crippen LogP contribution in [-0.2, 0) is 0 Å². The molecule has 1 aliphatic heterocycles. The fraction of sp³-hybridized carbons (Fsp3) is 0.367. The van der Waals surface area contributed by atoms with E-state index >= 15 is 0 Å². The Hall–Kier alpha value is -3.75. The van der Waals surface area contributed by atoms with Crippen molar-refractivity contribution in [2.24, 2.45) is 5.92 Å². The molecule has 198 valence electrons. The maximum Gasteiger partial charge on any atom is 0.228 e. The van der Waals surface area contributed by atoms with Gasteiger partial charge in [-0.2, -0.15) is 0 Å². The topological polar surface area (TPSA) is 104 Å². The molecule has 38 heavy (non-hydrogen) atoms. The van der Waals surface area contributed by atoms with E-state index in [4.69, 9.17) is 9.72 Å². The van der Waals surface area contributed by atoms with Crippen LogP contribution in [0.15, 0.2) is 60.9 Å². The summed E-state index contributed by atoms with van der Waals surface area (Å²) in [6.07, 6.45) is 5.30. The Balaban J connectivity index is 1.45. The number of anilines is 2. The first-order valence-corrected chi connectivity index (χ1v) is 13.4. The number of ether oxygens (including phenoxy) is 1. The fourth-order valence-corrected chi connectivity index (χ4v) is 4.68. The largest absolute Gasteiger partial charge is 0.437 e. The van der Waals surface area contributed by atoms with Crippen molar-refractivity contribution in [3.8, 4) is 22.9 Å². The van der Waals surface area contributed by atoms with Crippen molar-refractivity contribution in [3.05, 3.63) is 66.5 Å². The molecule has 0 aliphatic carbocycles. The summed E-state index contributed by atoms with van der Waals surface area (Å²) in [6, 6.07) is 16.3. The Morgan fingerprint density at radius 3 is 2.76 bits per heavy atom. The second-order valence-corrected chi connectivity index (χ2v) is 10.2. The van der Waals surface area contributed by atoms with Gasteiger partial charge in [-0.25, -0.2) is 15.0 Å². The molecule has 8 nitrogen and oxygen atoms in total. The zero-order valence-electron chi connectivity index (χ0n) is 22.2. The lowest BCUT2D eigenvalue weighted by atomic mass is 10.0. The lowest BCUT2D eigenvalue weighted by Gasteiger charge is -2.23. The molecule has 2 aromatic heterocycles. The van der Waals surface area contributed by atoms with E-state index < -0.39 is 6.10 Å². The monoisotopic (exact) mass is 512 g/mol. The molecule has 0 bridgehead atoms. The highest BCUT2D eigenvalue weighted by Crippen LogP contribution is 2.38. The van der Waals surface area contributed by atoms with Gasteiger partial charge in [-0.1, -0.05) is 38.1 Å². The van der Waals surface area contributed by atoms with Crippen LogP contribution in [0.5, 0.6) is 11.6 Å². The number of nitrogens with zero attached hydrogens (tertiary/aromatic N) is 3. The zero-order chi connectivity index (χ0) is 26.5. The number of aliphatic hydroxyl groups is 1. The first-order chi connectivity index (χ1) is 18.5. The molecule has 4 aromatic rings. The molecule has 5 rings (SSSR count). The van der Waals surface area contributed by atoms with E-state index in [1.807, 2.05) is 51.1 Å². The molecular weight excluding hydrogens is 476 g/mol. The number of hydrogen-bond donors (Lipinski definition) is 4. The van der Waals surface area contributed by atoms with Crippen LogP contribution >= 0.6 is 0 Å². The van der Waals surface area contributed by atoms with Crippen LogP contribution in [0.4, 0.5) is 11.6 Å². The van der Waals surface area contributed by atoms with Crippen LogP contribution in [0, 0.1) is 12.8 Å². The number of piperidine rings is 1. The molecule has 8 heteroatoms. The van der Waals surface area contributed by atoms with Crippen LogP contribution in [0.3, 0.4) is 0 Å². The Labute approximate surface area is 223 Å². The normalized spacial score (nSPS) is 16.4. The highest BCUT2D eigenvalue weighted by atomic mass is 16.5. The summed E-state index contributed by atoms with van der Waals surface area (Å²) < 4.78 is 6.54. The SMILES string of the molecule is Cc1ccc2c(NCC(O)C(C)C)cccc2c1Oc1ncccc1-c1ccnc(N[C@H]2CCCNC2)n1. The average molecular weight is 513 g/mol. The first-order valence-electron chi connectivity index (χ1n) is 13.4. The van der Waals surface area contributed by atoms with Crippen molar-refractivity contribution in [1.82, 2.24) is 20.3 Å². The molecule has 2 atom stereocenters. The van der Waals surface area contributed by atoms with Crippen LogP contribution in [-0.4, -0.2) is 51.8 Å². The van der Waals surface area contributed by atoms with Crippen molar-refractivity contribution >= 4 is 22.4 Å². The average Bonchev–Trinajstić information content (AvgIpc) is 2.94. The standard InChI is InChI=1S/C30H36N6O2/c1-19(2)27(37)18-34-25-10-4-8-23-22(25)12-11-20(3)28(23)38-29-24(9-6-15-32-29)26-13-16-33-30(36-26)35-21-7-5-14-31-17-21/h4,6,8-13,15-16,19,21,27,31,34,37H,5,7,14,17-18H2,1-3H3,(H,33,35,36)/t21-,27?/m0/s1. The molecule has 0 amide bonds. The van der Waals surface area contributed by atoms with Crippen LogP contribution in [0.25, 0.3) is 22.0 Å². The quantitative estimate of drug-likeness (QED) is 0.237. The van der Waals surface area contributed by atoms with Gasteiger partial charge in [0.15, 0.2) is 0 Å². The lowest BCUT2D eigenvalue weighted by Crippen LogP contribution is -2.38. The minimum Gasteiger partial charge on any atom is -0.437 e. The Morgan fingerprint density at radius 1 is 1.05 bits per heavy atom. The van der Waals surface area contributed by atoms with E-state index in [0.29, 0.717) is 24.4 Å². The second-order valence-electron chi connectivity index (χ2n) is 10.2. The molecule has 0 spiro atoms. The minimum atomic E-state index is -0.427. The predicted octanol–water partition coefficient (Wildman–Crippen LogP) is 5.39. The van der Waals surface area contributed by atoms with Gasteiger partial charge in [0.05, 0.1) is 17.4 Å². The van der Waals surface area contributed by atoms with E-state index in [1.54, 1.807) is 12.4 Å². The molecule has 1 aliphatic rings. The molecule has 0 saturated carbocycles. The van der Waals surface area contributed by atoms with Gasteiger partial charge < -0.3 is 25.8 Å². The predicted molar refractivity (Wildman–Crippen MR) is 153 cm³/mol. The lowest BCUT2D eigenvalue weighted by molar-refractivity contribution is 0.138. The third-order valence-corrected chi connectivity index (χ3v) is 7.01. The van der Waals surface area contributed by atoms with Gasteiger partial charge in [-0.3, -0.25) is 0 Å². The maximum atomic E-state index is 10.3. The van der Waals surface area contributed by atoms with Gasteiger partial charge in [-0.15, -0.1) is 0 Å². The summed E-state index contributed by atoms with van der Waals surface area (Å²) in [5.41, 5.74) is 3.50. The zero-order valence-corrected chi connectivity index (χ0v) is 22.2. The van der Waals surface area contributed by atoms with E-state index in [2.05, 4.69) is 44.1 Å². The number of hydrogen-bond acceptors (Lipinski definition) is 8. The first kappa shape index (κ1) is 25.9. The van der Waals surface area contributed by atoms with Crippen LogP contribution in [0.2, 0.25) is 0 Å². The summed E-state index contributed by atoms with van der Waals surface area (Å²) >= 11 is 0. The Kier molecular flexibility index (Phi) is 8.00.